The maximum atomic E-state index is 13.2. The molecule has 2 heterocycles. The summed E-state index contributed by atoms with van der Waals surface area (Å²) >= 11 is 0. The van der Waals surface area contributed by atoms with Crippen LogP contribution in [0.25, 0.3) is 0 Å². The predicted octanol–water partition coefficient (Wildman–Crippen LogP) is 3.69. The van der Waals surface area contributed by atoms with Gasteiger partial charge in [0, 0.05) is 25.8 Å². The molecule has 1 aromatic carbocycles. The van der Waals surface area contributed by atoms with Gasteiger partial charge < -0.3 is 19.3 Å². The molecule has 0 bridgehead atoms. The topological polar surface area (TPSA) is 42.0 Å². The second kappa shape index (κ2) is 9.60. The van der Waals surface area contributed by atoms with E-state index in [0.717, 1.165) is 26.1 Å². The molecule has 0 spiro atoms. The minimum Gasteiger partial charge on any atom is -0.405 e. The summed E-state index contributed by atoms with van der Waals surface area (Å²) in [5.74, 6) is -0.857. The van der Waals surface area contributed by atoms with E-state index in [1.807, 2.05) is 0 Å². The Hall–Kier alpha value is -1.80. The third kappa shape index (κ3) is 5.85. The van der Waals surface area contributed by atoms with Gasteiger partial charge in [0.25, 0.3) is 5.91 Å². The van der Waals surface area contributed by atoms with Gasteiger partial charge in [-0.15, -0.1) is 13.2 Å². The molecule has 0 saturated carbocycles. The lowest BCUT2D eigenvalue weighted by molar-refractivity contribution is -0.274. The van der Waals surface area contributed by atoms with Crippen molar-refractivity contribution in [2.24, 2.45) is 0 Å². The number of rotatable bonds is 7. The van der Waals surface area contributed by atoms with Crippen molar-refractivity contribution >= 4 is 5.91 Å². The minimum absolute atomic E-state index is 0.0289. The first-order valence-electron chi connectivity index (χ1n) is 9.90. The number of carbonyl (C=O) groups excluding carboxylic acids is 1. The number of likely N-dealkylation sites (tertiary alicyclic amines) is 1. The molecule has 8 heteroatoms. The zero-order valence-electron chi connectivity index (χ0n) is 15.9. The van der Waals surface area contributed by atoms with Crippen LogP contribution >= 0.6 is 0 Å². The molecule has 0 atom stereocenters. The number of para-hydroxylation sites is 1. The summed E-state index contributed by atoms with van der Waals surface area (Å²) in [7, 11) is 0. The van der Waals surface area contributed by atoms with E-state index in [0.29, 0.717) is 32.6 Å². The molecule has 156 valence electrons. The lowest BCUT2D eigenvalue weighted by atomic mass is 10.0. The average molecular weight is 400 g/mol. The first-order chi connectivity index (χ1) is 13.4. The van der Waals surface area contributed by atoms with Crippen LogP contribution in [0.3, 0.4) is 0 Å². The number of carbonyl (C=O) groups is 1. The molecular weight excluding hydrogens is 373 g/mol. The molecule has 0 unspecified atom stereocenters. The van der Waals surface area contributed by atoms with Gasteiger partial charge in [-0.2, -0.15) is 0 Å². The van der Waals surface area contributed by atoms with Crippen LogP contribution in [-0.4, -0.2) is 67.5 Å². The van der Waals surface area contributed by atoms with E-state index >= 15 is 0 Å². The molecule has 0 aromatic heterocycles. The lowest BCUT2D eigenvalue weighted by Crippen LogP contribution is -2.44. The Labute approximate surface area is 163 Å². The number of ether oxygens (including phenoxy) is 2. The van der Waals surface area contributed by atoms with Crippen LogP contribution in [0.5, 0.6) is 5.75 Å². The molecule has 1 aromatic rings. The predicted molar refractivity (Wildman–Crippen MR) is 98.3 cm³/mol. The van der Waals surface area contributed by atoms with Crippen molar-refractivity contribution < 1.29 is 27.4 Å². The number of amides is 1. The van der Waals surface area contributed by atoms with Crippen LogP contribution in [0.2, 0.25) is 0 Å². The zero-order chi connectivity index (χ0) is 20.0. The maximum absolute atomic E-state index is 13.2. The highest BCUT2D eigenvalue weighted by Gasteiger charge is 2.34. The number of hydrogen-bond donors (Lipinski definition) is 0. The Bertz CT molecular complexity index is 642. The van der Waals surface area contributed by atoms with Gasteiger partial charge in [0.05, 0.1) is 5.56 Å². The van der Waals surface area contributed by atoms with E-state index in [1.54, 1.807) is 11.0 Å². The number of hydrogen-bond acceptors (Lipinski definition) is 4. The Morgan fingerprint density at radius 1 is 1.18 bits per heavy atom. The molecule has 0 aliphatic carbocycles. The van der Waals surface area contributed by atoms with Gasteiger partial charge in [0.1, 0.15) is 5.75 Å². The fraction of sp³-hybridized carbons (Fsp3) is 0.650. The number of halogens is 3. The second-order valence-corrected chi connectivity index (χ2v) is 7.29. The third-order valence-corrected chi connectivity index (χ3v) is 5.31. The van der Waals surface area contributed by atoms with Crippen LogP contribution < -0.4 is 4.74 Å². The van der Waals surface area contributed by atoms with Gasteiger partial charge in [-0.05, 0) is 63.9 Å². The van der Waals surface area contributed by atoms with Crippen LogP contribution in [0.1, 0.15) is 42.5 Å². The van der Waals surface area contributed by atoms with Crippen LogP contribution in [0.4, 0.5) is 13.2 Å². The molecule has 0 N–H and O–H groups in total. The minimum atomic E-state index is -4.84. The molecule has 3 rings (SSSR count). The van der Waals surface area contributed by atoms with Gasteiger partial charge in [-0.3, -0.25) is 4.79 Å². The Kier molecular flexibility index (Phi) is 7.18. The van der Waals surface area contributed by atoms with E-state index in [4.69, 9.17) is 4.74 Å². The first kappa shape index (κ1) is 20.9. The maximum Gasteiger partial charge on any atom is 0.573 e. The Balaban J connectivity index is 1.73. The highest BCUT2D eigenvalue weighted by Crippen LogP contribution is 2.28. The fourth-order valence-electron chi connectivity index (χ4n) is 3.93. The normalized spacial score (nSPS) is 19.0. The van der Waals surface area contributed by atoms with Crippen molar-refractivity contribution in [2.45, 2.75) is 44.5 Å². The second-order valence-electron chi connectivity index (χ2n) is 7.29. The van der Waals surface area contributed by atoms with Gasteiger partial charge in [0.2, 0.25) is 0 Å². The monoisotopic (exact) mass is 400 g/mol. The smallest absolute Gasteiger partial charge is 0.405 e. The van der Waals surface area contributed by atoms with E-state index in [9.17, 15) is 18.0 Å². The van der Waals surface area contributed by atoms with E-state index in [2.05, 4.69) is 9.64 Å². The largest absolute Gasteiger partial charge is 0.573 e. The lowest BCUT2D eigenvalue weighted by Gasteiger charge is -2.35. The molecular formula is C20H27F3N2O3. The van der Waals surface area contributed by atoms with E-state index < -0.39 is 18.0 Å². The third-order valence-electron chi connectivity index (χ3n) is 5.31. The SMILES string of the molecule is O=C(c1ccccc1OC(F)(F)F)N(CCCN1CCCC1)C1CCOCC1. The fourth-order valence-corrected chi connectivity index (χ4v) is 3.93. The van der Waals surface area contributed by atoms with Gasteiger partial charge in [-0.1, -0.05) is 12.1 Å². The number of benzene rings is 1. The molecule has 2 fully saturated rings. The van der Waals surface area contributed by atoms with Crippen molar-refractivity contribution in [2.75, 3.05) is 39.4 Å². The van der Waals surface area contributed by atoms with Crippen molar-refractivity contribution in [3.05, 3.63) is 29.8 Å². The molecule has 5 nitrogen and oxygen atoms in total. The molecule has 0 radical (unpaired) electrons. The standard InChI is InChI=1S/C20H27F3N2O3/c21-20(22,23)28-18-7-2-1-6-17(18)19(26)25(16-8-14-27-15-9-16)13-5-12-24-10-3-4-11-24/h1-2,6-7,16H,3-5,8-15H2. The van der Waals surface area contributed by atoms with Crippen molar-refractivity contribution in [3.8, 4) is 5.75 Å². The van der Waals surface area contributed by atoms with Crippen molar-refractivity contribution in [3.63, 3.8) is 0 Å². The summed E-state index contributed by atoms with van der Waals surface area (Å²) in [6, 6.07) is 5.55. The number of alkyl halides is 3. The molecule has 2 aliphatic heterocycles. The van der Waals surface area contributed by atoms with E-state index in [-0.39, 0.29) is 11.6 Å². The highest BCUT2D eigenvalue weighted by atomic mass is 19.4. The van der Waals surface area contributed by atoms with Gasteiger partial charge >= 0.3 is 6.36 Å². The molecule has 2 aliphatic rings. The van der Waals surface area contributed by atoms with Crippen LogP contribution in [0, 0.1) is 0 Å². The van der Waals surface area contributed by atoms with Crippen LogP contribution in [-0.2, 0) is 4.74 Å². The summed E-state index contributed by atoms with van der Waals surface area (Å²) in [4.78, 5) is 17.3. The summed E-state index contributed by atoms with van der Waals surface area (Å²) in [5, 5.41) is 0. The Morgan fingerprint density at radius 2 is 1.86 bits per heavy atom. The quantitative estimate of drug-likeness (QED) is 0.700. The zero-order valence-corrected chi connectivity index (χ0v) is 15.9. The van der Waals surface area contributed by atoms with Crippen LogP contribution in [0.15, 0.2) is 24.3 Å². The Morgan fingerprint density at radius 3 is 2.54 bits per heavy atom. The molecule has 1 amide bonds. The summed E-state index contributed by atoms with van der Waals surface area (Å²) in [6.45, 7) is 4.68. The highest BCUT2D eigenvalue weighted by molar-refractivity contribution is 5.97. The molecule has 2 saturated heterocycles. The van der Waals surface area contributed by atoms with Crippen molar-refractivity contribution in [1.29, 1.82) is 0 Å². The van der Waals surface area contributed by atoms with Gasteiger partial charge in [-0.25, -0.2) is 0 Å². The van der Waals surface area contributed by atoms with Gasteiger partial charge in [0.15, 0.2) is 0 Å². The summed E-state index contributed by atoms with van der Waals surface area (Å²) in [5.41, 5.74) is -0.0486. The van der Waals surface area contributed by atoms with E-state index in [1.165, 1.54) is 31.0 Å². The number of nitrogens with zero attached hydrogens (tertiary/aromatic N) is 2. The first-order valence-corrected chi connectivity index (χ1v) is 9.90. The summed E-state index contributed by atoms with van der Waals surface area (Å²) in [6.07, 6.45) is -0.258. The molecule has 28 heavy (non-hydrogen) atoms. The van der Waals surface area contributed by atoms with Crippen molar-refractivity contribution in [1.82, 2.24) is 9.80 Å². The summed E-state index contributed by atoms with van der Waals surface area (Å²) < 4.78 is 47.7. The average Bonchev–Trinajstić information content (AvgIpc) is 3.18.